The molecule has 5 rings (SSSR count). The van der Waals surface area contributed by atoms with Crippen LogP contribution in [0.5, 0.6) is 28.7 Å². The maximum Gasteiger partial charge on any atom is 0.229 e. The average molecular weight is 611 g/mol. The number of ether oxygens (including phenoxy) is 6. The van der Waals surface area contributed by atoms with Crippen LogP contribution in [0.2, 0.25) is 0 Å². The fourth-order valence-corrected chi connectivity index (χ4v) is 5.29. The van der Waals surface area contributed by atoms with Crippen LogP contribution in [0.15, 0.2) is 30.3 Å². The number of carbonyl (C=O) groups excluding carboxylic acids is 1. The molecule has 43 heavy (non-hydrogen) atoms. The van der Waals surface area contributed by atoms with E-state index in [0.717, 1.165) is 6.07 Å². The Balaban J connectivity index is 1.41. The van der Waals surface area contributed by atoms with E-state index in [1.54, 1.807) is 6.07 Å². The highest BCUT2D eigenvalue weighted by Gasteiger charge is 2.51. The number of phenols is 2. The zero-order valence-electron chi connectivity index (χ0n) is 23.1. The van der Waals surface area contributed by atoms with Gasteiger partial charge in [-0.15, -0.1) is 0 Å². The third-order valence-corrected chi connectivity index (χ3v) is 7.72. The lowest BCUT2D eigenvalue weighted by Crippen LogP contribution is -2.64. The number of aliphatic hydroxyl groups excluding tert-OH is 6. The molecule has 11 atom stereocenters. The minimum absolute atomic E-state index is 0.0592. The molecular weight excluding hydrogens is 576 g/mol. The molecule has 8 N–H and O–H groups in total. The van der Waals surface area contributed by atoms with E-state index in [9.17, 15) is 45.6 Å². The number of phenolic OH excluding ortho intramolecular Hbond substituents is 2. The maximum absolute atomic E-state index is 13.0. The number of aliphatic hydroxyl groups is 6. The monoisotopic (exact) mass is 610 g/mol. The molecule has 3 aliphatic heterocycles. The van der Waals surface area contributed by atoms with Gasteiger partial charge in [0.1, 0.15) is 65.5 Å². The molecule has 2 saturated heterocycles. The summed E-state index contributed by atoms with van der Waals surface area (Å²) in [5.74, 6) is -1.06. The van der Waals surface area contributed by atoms with Crippen molar-refractivity contribution in [1.29, 1.82) is 0 Å². The molecule has 0 spiro atoms. The first kappa shape index (κ1) is 31.2. The van der Waals surface area contributed by atoms with E-state index in [0.29, 0.717) is 5.56 Å². The number of hydrogen-bond acceptors (Lipinski definition) is 15. The number of hydrogen-bond donors (Lipinski definition) is 8. The second-order valence-corrected chi connectivity index (χ2v) is 10.6. The van der Waals surface area contributed by atoms with Gasteiger partial charge in [0.25, 0.3) is 0 Å². The van der Waals surface area contributed by atoms with Crippen molar-refractivity contribution in [3.05, 3.63) is 41.5 Å². The molecule has 1 unspecified atom stereocenters. The molecule has 0 aliphatic carbocycles. The Kier molecular flexibility index (Phi) is 8.99. The van der Waals surface area contributed by atoms with Crippen molar-refractivity contribution in [2.45, 2.75) is 80.9 Å². The maximum atomic E-state index is 13.0. The summed E-state index contributed by atoms with van der Waals surface area (Å²) < 4.78 is 33.7. The Hall–Kier alpha value is -3.25. The summed E-state index contributed by atoms with van der Waals surface area (Å²) in [4.78, 5) is 13.0. The van der Waals surface area contributed by atoms with Gasteiger partial charge in [-0.1, -0.05) is 6.07 Å². The number of ketones is 1. The smallest absolute Gasteiger partial charge is 0.229 e. The molecule has 0 saturated carbocycles. The van der Waals surface area contributed by atoms with Crippen molar-refractivity contribution < 1.29 is 74.1 Å². The van der Waals surface area contributed by atoms with Crippen LogP contribution in [0.25, 0.3) is 0 Å². The van der Waals surface area contributed by atoms with Crippen LogP contribution in [-0.4, -0.2) is 122 Å². The molecule has 0 aromatic heterocycles. The van der Waals surface area contributed by atoms with Crippen LogP contribution >= 0.6 is 0 Å². The highest BCUT2D eigenvalue weighted by Crippen LogP contribution is 2.43. The van der Waals surface area contributed by atoms with Crippen molar-refractivity contribution in [1.82, 2.24) is 0 Å². The average Bonchev–Trinajstić information content (AvgIpc) is 2.97. The van der Waals surface area contributed by atoms with Gasteiger partial charge in [-0.3, -0.25) is 4.79 Å². The van der Waals surface area contributed by atoms with E-state index in [1.165, 1.54) is 32.2 Å². The molecule has 15 nitrogen and oxygen atoms in total. The Morgan fingerprint density at radius 3 is 2.30 bits per heavy atom. The van der Waals surface area contributed by atoms with Crippen LogP contribution in [-0.2, 0) is 14.2 Å². The first-order chi connectivity index (χ1) is 20.4. The Labute approximate surface area is 245 Å². The summed E-state index contributed by atoms with van der Waals surface area (Å²) in [7, 11) is 1.39. The molecule has 2 aromatic rings. The minimum Gasteiger partial charge on any atom is -0.507 e. The molecular formula is C28H34O15. The van der Waals surface area contributed by atoms with Crippen LogP contribution in [0.3, 0.4) is 0 Å². The van der Waals surface area contributed by atoms with Gasteiger partial charge in [0.2, 0.25) is 6.29 Å². The normalized spacial score (nSPS) is 36.0. The summed E-state index contributed by atoms with van der Waals surface area (Å²) in [5, 5.41) is 82.4. The van der Waals surface area contributed by atoms with Gasteiger partial charge in [0.15, 0.2) is 29.7 Å². The number of aromatic hydroxyl groups is 2. The van der Waals surface area contributed by atoms with E-state index in [2.05, 4.69) is 0 Å². The standard InChI is InChI=1S/C28H34O15/c1-10-21(33)23(35)25(37)27(39-10)43-26-24(36)22(34)19(9-29)42-28(26)40-12-6-14(31)20-15(32)8-17(41-18(20)7-12)11-3-4-16(38-2)13(30)5-11/h3-7,10,17,19,21-31,33-37H,8-9H2,1-2H3/t10-,17-,19+,21-,22+,23+,24-,25+,26+,27?,28+/m0/s1. The van der Waals surface area contributed by atoms with Crippen molar-refractivity contribution in [3.63, 3.8) is 0 Å². The van der Waals surface area contributed by atoms with Gasteiger partial charge in [-0.2, -0.15) is 0 Å². The SMILES string of the molecule is COc1ccc([C@@H]2CC(=O)c3c(O)cc(O[C@@H]4O[C@H](CO)[C@@H](O)[C@H](O)[C@H]4OC4O[C@@H](C)[C@H](O)[C@@H](O)[C@H]4O)cc3O2)cc1O. The summed E-state index contributed by atoms with van der Waals surface area (Å²) in [6.07, 6.45) is -16.3. The summed E-state index contributed by atoms with van der Waals surface area (Å²) in [5.41, 5.74) is 0.352. The molecule has 0 bridgehead atoms. The lowest BCUT2D eigenvalue weighted by atomic mass is 9.95. The van der Waals surface area contributed by atoms with E-state index in [4.69, 9.17) is 28.4 Å². The molecule has 15 heteroatoms. The van der Waals surface area contributed by atoms with Crippen molar-refractivity contribution in [2.24, 2.45) is 0 Å². The number of carbonyl (C=O) groups is 1. The Morgan fingerprint density at radius 1 is 0.884 bits per heavy atom. The van der Waals surface area contributed by atoms with Gasteiger partial charge in [-0.05, 0) is 24.6 Å². The highest BCUT2D eigenvalue weighted by atomic mass is 16.8. The largest absolute Gasteiger partial charge is 0.507 e. The number of methoxy groups -OCH3 is 1. The van der Waals surface area contributed by atoms with Gasteiger partial charge in [-0.25, -0.2) is 0 Å². The molecule has 2 aromatic carbocycles. The molecule has 3 aliphatic rings. The zero-order valence-corrected chi connectivity index (χ0v) is 23.1. The third kappa shape index (κ3) is 5.95. The Bertz CT molecular complexity index is 1320. The summed E-state index contributed by atoms with van der Waals surface area (Å²) in [6, 6.07) is 6.89. The minimum atomic E-state index is -1.76. The molecule has 236 valence electrons. The fraction of sp³-hybridized carbons (Fsp3) is 0.536. The fourth-order valence-electron chi connectivity index (χ4n) is 5.29. The Morgan fingerprint density at radius 2 is 1.63 bits per heavy atom. The number of Topliss-reactive ketones (excluding diaryl/α,β-unsaturated/α-hetero) is 1. The van der Waals surface area contributed by atoms with Crippen LogP contribution in [0.4, 0.5) is 0 Å². The van der Waals surface area contributed by atoms with Crippen molar-refractivity contribution in [2.75, 3.05) is 13.7 Å². The first-order valence-electron chi connectivity index (χ1n) is 13.5. The lowest BCUT2D eigenvalue weighted by molar-refractivity contribution is -0.354. The summed E-state index contributed by atoms with van der Waals surface area (Å²) in [6.45, 7) is 0.699. The zero-order chi connectivity index (χ0) is 31.2. The van der Waals surface area contributed by atoms with Crippen molar-refractivity contribution >= 4 is 5.78 Å². The van der Waals surface area contributed by atoms with Crippen LogP contribution in [0.1, 0.15) is 35.4 Å². The second kappa shape index (κ2) is 12.4. The van der Waals surface area contributed by atoms with E-state index >= 15 is 0 Å². The van der Waals surface area contributed by atoms with Gasteiger partial charge in [0, 0.05) is 12.1 Å². The highest BCUT2D eigenvalue weighted by molar-refractivity contribution is 6.02. The topological polar surface area (TPSA) is 234 Å². The lowest BCUT2D eigenvalue weighted by Gasteiger charge is -2.45. The van der Waals surface area contributed by atoms with Crippen LogP contribution in [0, 0.1) is 0 Å². The first-order valence-corrected chi connectivity index (χ1v) is 13.5. The van der Waals surface area contributed by atoms with E-state index in [1.807, 2.05) is 0 Å². The predicted molar refractivity (Wildman–Crippen MR) is 141 cm³/mol. The van der Waals surface area contributed by atoms with Gasteiger partial charge in [0.05, 0.1) is 26.2 Å². The number of benzene rings is 2. The predicted octanol–water partition coefficient (Wildman–Crippen LogP) is -1.16. The molecule has 0 amide bonds. The van der Waals surface area contributed by atoms with E-state index < -0.39 is 85.7 Å². The summed E-state index contributed by atoms with van der Waals surface area (Å²) >= 11 is 0. The second-order valence-electron chi connectivity index (χ2n) is 10.6. The molecule has 3 heterocycles. The van der Waals surface area contributed by atoms with Crippen molar-refractivity contribution in [3.8, 4) is 28.7 Å². The van der Waals surface area contributed by atoms with Gasteiger partial charge < -0.3 is 69.3 Å². The quantitative estimate of drug-likeness (QED) is 0.185. The van der Waals surface area contributed by atoms with Crippen LogP contribution < -0.4 is 14.2 Å². The molecule has 0 radical (unpaired) electrons. The number of fused-ring (bicyclic) bond motifs is 1. The number of rotatable bonds is 7. The van der Waals surface area contributed by atoms with E-state index in [-0.39, 0.29) is 35.0 Å². The van der Waals surface area contributed by atoms with Gasteiger partial charge >= 0.3 is 0 Å². The third-order valence-electron chi connectivity index (χ3n) is 7.72. The molecule has 2 fully saturated rings.